The number of fused-ring (bicyclic) bond motifs is 1. The van der Waals surface area contributed by atoms with Crippen molar-refractivity contribution in [3.63, 3.8) is 0 Å². The van der Waals surface area contributed by atoms with E-state index in [1.165, 1.54) is 0 Å². The molecule has 4 aromatic rings. The fraction of sp³-hybridized carbons (Fsp3) is 0.240. The lowest BCUT2D eigenvalue weighted by Crippen LogP contribution is -2.25. The molecule has 0 atom stereocenters. The van der Waals surface area contributed by atoms with Crippen LogP contribution in [0.25, 0.3) is 16.7 Å². The molecule has 0 spiro atoms. The van der Waals surface area contributed by atoms with Crippen LogP contribution in [0.5, 0.6) is 0 Å². The van der Waals surface area contributed by atoms with Gasteiger partial charge in [0.25, 0.3) is 5.56 Å². The van der Waals surface area contributed by atoms with Crippen molar-refractivity contribution in [1.29, 1.82) is 0 Å². The van der Waals surface area contributed by atoms with Crippen LogP contribution in [0.15, 0.2) is 59.4 Å². The third-order valence-corrected chi connectivity index (χ3v) is 5.73. The zero-order valence-corrected chi connectivity index (χ0v) is 18.3. The third kappa shape index (κ3) is 3.89. The second kappa shape index (κ2) is 8.22. The molecule has 2 heterocycles. The van der Waals surface area contributed by atoms with Crippen LogP contribution in [-0.2, 0) is 11.3 Å². The second-order valence-electron chi connectivity index (χ2n) is 7.89. The van der Waals surface area contributed by atoms with E-state index >= 15 is 0 Å². The maximum Gasteiger partial charge on any atom is 0.252 e. The highest BCUT2D eigenvalue weighted by atomic mass is 16.2. The molecule has 0 aliphatic rings. The number of benzene rings is 2. The summed E-state index contributed by atoms with van der Waals surface area (Å²) in [5, 5.41) is 8.61. The van der Waals surface area contributed by atoms with Crippen LogP contribution >= 0.6 is 0 Å². The molecule has 1 amide bonds. The minimum absolute atomic E-state index is 0.128. The van der Waals surface area contributed by atoms with Gasteiger partial charge >= 0.3 is 0 Å². The van der Waals surface area contributed by atoms with E-state index in [2.05, 4.69) is 5.32 Å². The van der Waals surface area contributed by atoms with Gasteiger partial charge in [0.1, 0.15) is 5.65 Å². The highest BCUT2D eigenvalue weighted by molar-refractivity contribution is 5.91. The van der Waals surface area contributed by atoms with Crippen molar-refractivity contribution >= 4 is 22.6 Å². The van der Waals surface area contributed by atoms with Crippen molar-refractivity contribution in [3.8, 4) is 5.69 Å². The Balaban J connectivity index is 1.70. The van der Waals surface area contributed by atoms with Gasteiger partial charge in [0.05, 0.1) is 11.4 Å². The van der Waals surface area contributed by atoms with E-state index in [4.69, 9.17) is 5.10 Å². The Labute approximate surface area is 181 Å². The fourth-order valence-electron chi connectivity index (χ4n) is 3.94. The number of pyridine rings is 1. The van der Waals surface area contributed by atoms with E-state index in [-0.39, 0.29) is 24.4 Å². The van der Waals surface area contributed by atoms with Crippen molar-refractivity contribution in [3.05, 3.63) is 87.3 Å². The van der Waals surface area contributed by atoms with Gasteiger partial charge in [-0.2, -0.15) is 5.10 Å². The van der Waals surface area contributed by atoms with Gasteiger partial charge in [-0.3, -0.25) is 14.2 Å². The van der Waals surface area contributed by atoms with Gasteiger partial charge in [-0.25, -0.2) is 4.68 Å². The molecule has 0 unspecified atom stereocenters. The molecular formula is C25H26N4O2. The van der Waals surface area contributed by atoms with E-state index in [0.29, 0.717) is 5.65 Å². The quantitative estimate of drug-likeness (QED) is 0.525. The van der Waals surface area contributed by atoms with Crippen LogP contribution in [0, 0.1) is 27.7 Å². The second-order valence-corrected chi connectivity index (χ2v) is 7.89. The molecule has 0 bridgehead atoms. The van der Waals surface area contributed by atoms with Crippen molar-refractivity contribution < 1.29 is 4.79 Å². The number of hydrogen-bond acceptors (Lipinski definition) is 3. The molecule has 0 saturated carbocycles. The summed E-state index contributed by atoms with van der Waals surface area (Å²) in [5.74, 6) is -0.128. The van der Waals surface area contributed by atoms with Crippen LogP contribution in [0.3, 0.4) is 0 Å². The first-order chi connectivity index (χ1) is 14.9. The zero-order valence-electron chi connectivity index (χ0n) is 18.3. The Morgan fingerprint density at radius 1 is 0.968 bits per heavy atom. The van der Waals surface area contributed by atoms with Crippen LogP contribution in [0.1, 0.15) is 28.8 Å². The summed E-state index contributed by atoms with van der Waals surface area (Å²) in [6.45, 7) is 8.13. The normalized spacial score (nSPS) is 11.1. The van der Waals surface area contributed by atoms with Gasteiger partial charge < -0.3 is 5.32 Å². The van der Waals surface area contributed by atoms with Crippen LogP contribution < -0.4 is 10.9 Å². The highest BCUT2D eigenvalue weighted by Gasteiger charge is 2.17. The molecule has 31 heavy (non-hydrogen) atoms. The number of carbonyl (C=O) groups excluding carboxylic acids is 1. The van der Waals surface area contributed by atoms with Gasteiger partial charge in [0.15, 0.2) is 0 Å². The Bertz CT molecular complexity index is 1330. The van der Waals surface area contributed by atoms with Crippen molar-refractivity contribution in [1.82, 2.24) is 14.3 Å². The number of nitrogens with one attached hydrogen (secondary N) is 1. The number of hydrogen-bond donors (Lipinski definition) is 1. The Hall–Kier alpha value is -3.67. The Morgan fingerprint density at radius 2 is 1.71 bits per heavy atom. The SMILES string of the molecule is Cc1cccc(NC(=O)CCn2c(=O)cc(C)c3c(C)nn(-c4ccccc4)c32)c1C. The number of nitrogens with zero attached hydrogens (tertiary/aromatic N) is 3. The summed E-state index contributed by atoms with van der Waals surface area (Å²) in [7, 11) is 0. The Morgan fingerprint density at radius 3 is 2.45 bits per heavy atom. The lowest BCUT2D eigenvalue weighted by atomic mass is 10.1. The molecule has 0 radical (unpaired) electrons. The van der Waals surface area contributed by atoms with Crippen molar-refractivity contribution in [2.75, 3.05) is 5.32 Å². The molecule has 6 heteroatoms. The predicted octanol–water partition coefficient (Wildman–Crippen LogP) is 4.45. The number of amides is 1. The predicted molar refractivity (Wildman–Crippen MR) is 124 cm³/mol. The maximum absolute atomic E-state index is 12.9. The minimum atomic E-state index is -0.137. The van der Waals surface area contributed by atoms with Gasteiger partial charge in [-0.15, -0.1) is 0 Å². The topological polar surface area (TPSA) is 68.9 Å². The summed E-state index contributed by atoms with van der Waals surface area (Å²) in [4.78, 5) is 25.6. The third-order valence-electron chi connectivity index (χ3n) is 5.73. The maximum atomic E-state index is 12.9. The van der Waals surface area contributed by atoms with E-state index in [1.54, 1.807) is 15.3 Å². The monoisotopic (exact) mass is 414 g/mol. The summed E-state index contributed by atoms with van der Waals surface area (Å²) in [5.41, 5.74) is 6.16. The fourth-order valence-corrected chi connectivity index (χ4v) is 3.94. The molecule has 4 rings (SSSR count). The van der Waals surface area contributed by atoms with Gasteiger partial charge in [-0.05, 0) is 62.6 Å². The first-order valence-corrected chi connectivity index (χ1v) is 10.4. The van der Waals surface area contributed by atoms with Gasteiger partial charge in [0.2, 0.25) is 5.91 Å². The average molecular weight is 415 g/mol. The van der Waals surface area contributed by atoms with Crippen molar-refractivity contribution in [2.24, 2.45) is 0 Å². The lowest BCUT2D eigenvalue weighted by molar-refractivity contribution is -0.116. The average Bonchev–Trinajstić information content (AvgIpc) is 3.09. The minimum Gasteiger partial charge on any atom is -0.326 e. The molecule has 2 aromatic heterocycles. The largest absolute Gasteiger partial charge is 0.326 e. The van der Waals surface area contributed by atoms with Crippen LogP contribution in [0.4, 0.5) is 5.69 Å². The molecular weight excluding hydrogens is 388 g/mol. The number of aromatic nitrogens is 3. The number of anilines is 1. The van der Waals surface area contributed by atoms with E-state index < -0.39 is 0 Å². The summed E-state index contributed by atoms with van der Waals surface area (Å²) in [6.07, 6.45) is 0.185. The van der Waals surface area contributed by atoms with E-state index in [0.717, 1.165) is 39.1 Å². The lowest BCUT2D eigenvalue weighted by Gasteiger charge is -2.13. The number of aryl methyl sites for hydroxylation is 4. The van der Waals surface area contributed by atoms with Crippen LogP contribution in [-0.4, -0.2) is 20.3 Å². The first kappa shape index (κ1) is 20.6. The smallest absolute Gasteiger partial charge is 0.252 e. The molecule has 2 aromatic carbocycles. The van der Waals surface area contributed by atoms with E-state index in [1.807, 2.05) is 76.2 Å². The van der Waals surface area contributed by atoms with E-state index in [9.17, 15) is 9.59 Å². The van der Waals surface area contributed by atoms with Gasteiger partial charge in [0, 0.05) is 30.1 Å². The molecule has 158 valence electrons. The Kier molecular flexibility index (Phi) is 5.46. The number of rotatable bonds is 5. The standard InChI is InChI=1S/C25H26N4O2/c1-16-9-8-12-21(18(16)3)26-22(30)13-14-28-23(31)15-17(2)24-19(4)27-29(25(24)28)20-10-6-5-7-11-20/h5-12,15H,13-14H2,1-4H3,(H,26,30). The van der Waals surface area contributed by atoms with Crippen molar-refractivity contribution in [2.45, 2.75) is 40.7 Å². The summed E-state index contributed by atoms with van der Waals surface area (Å²) in [6, 6.07) is 17.2. The molecule has 6 nitrogen and oxygen atoms in total. The number of para-hydroxylation sites is 1. The van der Waals surface area contributed by atoms with Crippen LogP contribution in [0.2, 0.25) is 0 Å². The summed E-state index contributed by atoms with van der Waals surface area (Å²) >= 11 is 0. The first-order valence-electron chi connectivity index (χ1n) is 10.4. The molecule has 0 aliphatic heterocycles. The summed E-state index contributed by atoms with van der Waals surface area (Å²) < 4.78 is 3.44. The van der Waals surface area contributed by atoms with Gasteiger partial charge in [-0.1, -0.05) is 30.3 Å². The zero-order chi connectivity index (χ0) is 22.1. The highest BCUT2D eigenvalue weighted by Crippen LogP contribution is 2.24. The molecule has 1 N–H and O–H groups in total. The molecule has 0 aliphatic carbocycles. The molecule has 0 saturated heterocycles. The molecule has 0 fully saturated rings. The number of carbonyl (C=O) groups is 1.